The van der Waals surface area contributed by atoms with Crippen LogP contribution in [0.1, 0.15) is 25.0 Å². The van der Waals surface area contributed by atoms with Crippen LogP contribution in [0.15, 0.2) is 12.3 Å². The second-order valence-corrected chi connectivity index (χ2v) is 4.59. The minimum atomic E-state index is 0.0514. The maximum Gasteiger partial charge on any atom is 0.223 e. The fourth-order valence-corrected chi connectivity index (χ4v) is 1.51. The summed E-state index contributed by atoms with van der Waals surface area (Å²) in [4.78, 5) is 19.8. The van der Waals surface area contributed by atoms with E-state index in [9.17, 15) is 4.79 Å². The molecule has 0 atom stereocenters. The van der Waals surface area contributed by atoms with Crippen LogP contribution in [0.25, 0.3) is 0 Å². The quantitative estimate of drug-likeness (QED) is 0.636. The van der Waals surface area contributed by atoms with Gasteiger partial charge in [0.05, 0.1) is 0 Å². The van der Waals surface area contributed by atoms with Gasteiger partial charge in [0.1, 0.15) is 10.7 Å². The molecule has 0 unspecified atom stereocenters. The Kier molecular flexibility index (Phi) is 4.03. The van der Waals surface area contributed by atoms with Gasteiger partial charge in [0, 0.05) is 25.2 Å². The average molecular weight is 265 g/mol. The monoisotopic (exact) mass is 265 g/mol. The van der Waals surface area contributed by atoms with E-state index in [0.29, 0.717) is 30.6 Å². The van der Waals surface area contributed by atoms with Crippen LogP contribution in [-0.4, -0.2) is 33.5 Å². The minimum Gasteiger partial charge on any atom is -0.388 e. The maximum absolute atomic E-state index is 11.4. The first-order chi connectivity index (χ1) is 8.65. The summed E-state index contributed by atoms with van der Waals surface area (Å²) in [7, 11) is 0. The summed E-state index contributed by atoms with van der Waals surface area (Å²) in [5.41, 5.74) is 5.99. The first-order valence-electron chi connectivity index (χ1n) is 5.81. The Bertz CT molecular complexity index is 461. The van der Waals surface area contributed by atoms with E-state index >= 15 is 0 Å². The van der Waals surface area contributed by atoms with Crippen LogP contribution in [0.2, 0.25) is 0 Å². The van der Waals surface area contributed by atoms with E-state index in [1.807, 2.05) is 0 Å². The lowest BCUT2D eigenvalue weighted by Gasteiger charge is -2.06. The second kappa shape index (κ2) is 5.72. The minimum absolute atomic E-state index is 0.0514. The number of nitrogens with two attached hydrogens (primary N) is 1. The van der Waals surface area contributed by atoms with Crippen molar-refractivity contribution in [1.82, 2.24) is 15.3 Å². The normalized spacial score (nSPS) is 14.0. The Morgan fingerprint density at radius 3 is 3.00 bits per heavy atom. The van der Waals surface area contributed by atoms with Crippen molar-refractivity contribution in [2.45, 2.75) is 25.3 Å². The van der Waals surface area contributed by atoms with E-state index in [0.717, 1.165) is 12.8 Å². The van der Waals surface area contributed by atoms with Crippen molar-refractivity contribution in [1.29, 1.82) is 0 Å². The molecule has 1 aromatic rings. The molecule has 18 heavy (non-hydrogen) atoms. The maximum atomic E-state index is 11.4. The van der Waals surface area contributed by atoms with Gasteiger partial charge in [-0.2, -0.15) is 0 Å². The fourth-order valence-electron chi connectivity index (χ4n) is 1.40. The number of anilines is 1. The van der Waals surface area contributed by atoms with Gasteiger partial charge in [-0.1, -0.05) is 12.2 Å². The molecule has 7 heteroatoms. The van der Waals surface area contributed by atoms with Crippen molar-refractivity contribution in [3.8, 4) is 0 Å². The largest absolute Gasteiger partial charge is 0.388 e. The molecule has 96 valence electrons. The summed E-state index contributed by atoms with van der Waals surface area (Å²) in [6.45, 7) is 0.485. The highest BCUT2D eigenvalue weighted by Gasteiger charge is 2.22. The SMILES string of the molecule is NC(=S)c1ccnc(NCCC(=O)NC2CC2)n1. The molecule has 1 aliphatic rings. The van der Waals surface area contributed by atoms with E-state index in [-0.39, 0.29) is 10.9 Å². The molecule has 1 aromatic heterocycles. The third-order valence-electron chi connectivity index (χ3n) is 2.49. The zero-order chi connectivity index (χ0) is 13.0. The highest BCUT2D eigenvalue weighted by Crippen LogP contribution is 2.18. The molecular formula is C11H15N5OS. The number of rotatable bonds is 6. The summed E-state index contributed by atoms with van der Waals surface area (Å²) < 4.78 is 0. The van der Waals surface area contributed by atoms with Crippen LogP contribution < -0.4 is 16.4 Å². The summed E-state index contributed by atoms with van der Waals surface area (Å²) in [6, 6.07) is 2.04. The van der Waals surface area contributed by atoms with Crippen LogP contribution in [0, 0.1) is 0 Å². The van der Waals surface area contributed by atoms with Crippen LogP contribution >= 0.6 is 12.2 Å². The highest BCUT2D eigenvalue weighted by molar-refractivity contribution is 7.80. The predicted molar refractivity (Wildman–Crippen MR) is 72.2 cm³/mol. The van der Waals surface area contributed by atoms with Crippen molar-refractivity contribution in [3.05, 3.63) is 18.0 Å². The Balaban J connectivity index is 1.76. The number of carbonyl (C=O) groups is 1. The molecule has 0 saturated heterocycles. The molecule has 1 aliphatic carbocycles. The summed E-state index contributed by atoms with van der Waals surface area (Å²) in [5, 5.41) is 5.88. The molecule has 0 aromatic carbocycles. The van der Waals surface area contributed by atoms with Crippen molar-refractivity contribution in [2.24, 2.45) is 5.73 Å². The number of hydrogen-bond donors (Lipinski definition) is 3. The molecule has 0 aliphatic heterocycles. The van der Waals surface area contributed by atoms with E-state index in [4.69, 9.17) is 18.0 Å². The van der Waals surface area contributed by atoms with E-state index in [1.54, 1.807) is 12.3 Å². The first-order valence-corrected chi connectivity index (χ1v) is 6.22. The molecule has 1 fully saturated rings. The van der Waals surface area contributed by atoms with Crippen LogP contribution in [0.5, 0.6) is 0 Å². The van der Waals surface area contributed by atoms with E-state index in [1.165, 1.54) is 0 Å². The third kappa shape index (κ3) is 3.92. The Morgan fingerprint density at radius 2 is 2.33 bits per heavy atom. The van der Waals surface area contributed by atoms with Crippen LogP contribution in [0.4, 0.5) is 5.95 Å². The number of thiocarbonyl (C=S) groups is 1. The standard InChI is InChI=1S/C11H15N5OS/c12-10(18)8-3-5-13-11(16-8)14-6-4-9(17)15-7-1-2-7/h3,5,7H,1-2,4,6H2,(H2,12,18)(H,15,17)(H,13,14,16). The number of aromatic nitrogens is 2. The van der Waals surface area contributed by atoms with Gasteiger partial charge in [-0.3, -0.25) is 4.79 Å². The first kappa shape index (κ1) is 12.7. The molecule has 1 saturated carbocycles. The van der Waals surface area contributed by atoms with Gasteiger partial charge in [0.15, 0.2) is 0 Å². The molecule has 0 bridgehead atoms. The van der Waals surface area contributed by atoms with Crippen molar-refractivity contribution < 1.29 is 4.79 Å². The molecule has 4 N–H and O–H groups in total. The average Bonchev–Trinajstić information content (AvgIpc) is 3.13. The lowest BCUT2D eigenvalue weighted by atomic mass is 10.4. The smallest absolute Gasteiger partial charge is 0.223 e. The lowest BCUT2D eigenvalue weighted by Crippen LogP contribution is -2.27. The van der Waals surface area contributed by atoms with Gasteiger partial charge in [-0.05, 0) is 18.9 Å². The van der Waals surface area contributed by atoms with Gasteiger partial charge in [0.25, 0.3) is 0 Å². The molecule has 0 radical (unpaired) electrons. The van der Waals surface area contributed by atoms with Gasteiger partial charge >= 0.3 is 0 Å². The zero-order valence-electron chi connectivity index (χ0n) is 9.85. The van der Waals surface area contributed by atoms with Crippen molar-refractivity contribution in [3.63, 3.8) is 0 Å². The molecule has 2 rings (SSSR count). The Hall–Kier alpha value is -1.76. The number of nitrogens with zero attached hydrogens (tertiary/aromatic N) is 2. The molecular weight excluding hydrogens is 250 g/mol. The zero-order valence-corrected chi connectivity index (χ0v) is 10.7. The van der Waals surface area contributed by atoms with Crippen LogP contribution in [0.3, 0.4) is 0 Å². The summed E-state index contributed by atoms with van der Waals surface area (Å²) >= 11 is 4.83. The number of hydrogen-bond acceptors (Lipinski definition) is 5. The lowest BCUT2D eigenvalue weighted by molar-refractivity contribution is -0.120. The van der Waals surface area contributed by atoms with E-state index in [2.05, 4.69) is 20.6 Å². The van der Waals surface area contributed by atoms with Crippen molar-refractivity contribution in [2.75, 3.05) is 11.9 Å². The molecule has 1 amide bonds. The summed E-state index contributed by atoms with van der Waals surface area (Å²) in [6.07, 6.45) is 4.17. The second-order valence-electron chi connectivity index (χ2n) is 4.15. The van der Waals surface area contributed by atoms with Crippen LogP contribution in [-0.2, 0) is 4.79 Å². The number of amides is 1. The number of carbonyl (C=O) groups excluding carboxylic acids is 1. The predicted octanol–water partition coefficient (Wildman–Crippen LogP) is 0.191. The fraction of sp³-hybridized carbons (Fsp3) is 0.455. The van der Waals surface area contributed by atoms with Crippen molar-refractivity contribution >= 4 is 29.1 Å². The Labute approximate surface area is 110 Å². The topological polar surface area (TPSA) is 92.9 Å². The van der Waals surface area contributed by atoms with Gasteiger partial charge in [-0.25, -0.2) is 9.97 Å². The summed E-state index contributed by atoms with van der Waals surface area (Å²) in [5.74, 6) is 0.482. The number of nitrogens with one attached hydrogen (secondary N) is 2. The molecule has 6 nitrogen and oxygen atoms in total. The molecule has 1 heterocycles. The Morgan fingerprint density at radius 1 is 1.56 bits per heavy atom. The van der Waals surface area contributed by atoms with Gasteiger partial charge in [0.2, 0.25) is 11.9 Å². The molecule has 0 spiro atoms. The highest BCUT2D eigenvalue weighted by atomic mass is 32.1. The van der Waals surface area contributed by atoms with E-state index < -0.39 is 0 Å². The van der Waals surface area contributed by atoms with Gasteiger partial charge in [-0.15, -0.1) is 0 Å². The third-order valence-corrected chi connectivity index (χ3v) is 2.69. The van der Waals surface area contributed by atoms with Gasteiger partial charge < -0.3 is 16.4 Å².